The molecule has 0 aliphatic heterocycles. The number of carbonyl (C=O) groups is 2. The van der Waals surface area contributed by atoms with Crippen LogP contribution in [-0.4, -0.2) is 27.2 Å². The predicted octanol–water partition coefficient (Wildman–Crippen LogP) is 2.21. The van der Waals surface area contributed by atoms with Gasteiger partial charge in [-0.2, -0.15) is 5.10 Å². The quantitative estimate of drug-likeness (QED) is 0.803. The molecule has 1 aromatic heterocycles. The maximum absolute atomic E-state index is 12.1. The Labute approximate surface area is 122 Å². The highest BCUT2D eigenvalue weighted by atomic mass is 16.4. The minimum Gasteiger partial charge on any atom is -0.478 e. The number of amides is 1. The first-order valence-corrected chi connectivity index (χ1v) is 6.52. The monoisotopic (exact) mass is 287 g/mol. The van der Waals surface area contributed by atoms with E-state index in [2.05, 4.69) is 15.5 Å². The van der Waals surface area contributed by atoms with Gasteiger partial charge in [-0.15, -0.1) is 0 Å². The summed E-state index contributed by atoms with van der Waals surface area (Å²) >= 11 is 0. The minimum atomic E-state index is -0.986. The summed E-state index contributed by atoms with van der Waals surface area (Å²) in [5.74, 6) is -1.14. The van der Waals surface area contributed by atoms with E-state index >= 15 is 0 Å². The number of carboxylic acids is 1. The van der Waals surface area contributed by atoms with E-state index in [9.17, 15) is 9.59 Å². The zero-order chi connectivity index (χ0) is 15.6. The van der Waals surface area contributed by atoms with Crippen LogP contribution in [0.3, 0.4) is 0 Å². The van der Waals surface area contributed by atoms with Crippen LogP contribution in [0.4, 0.5) is 5.69 Å². The average molecular weight is 287 g/mol. The fourth-order valence-corrected chi connectivity index (χ4v) is 2.13. The summed E-state index contributed by atoms with van der Waals surface area (Å²) in [6.45, 7) is 5.48. The van der Waals surface area contributed by atoms with Crippen molar-refractivity contribution in [2.45, 2.75) is 27.2 Å². The molecule has 1 amide bonds. The summed E-state index contributed by atoms with van der Waals surface area (Å²) in [5, 5.41) is 18.6. The molecule has 3 N–H and O–H groups in total. The molecule has 0 aliphatic carbocycles. The number of aromatic amines is 1. The lowest BCUT2D eigenvalue weighted by atomic mass is 10.1. The molecule has 0 fully saturated rings. The second-order valence-electron chi connectivity index (χ2n) is 4.97. The van der Waals surface area contributed by atoms with Crippen molar-refractivity contribution in [2.24, 2.45) is 0 Å². The number of H-pyrrole nitrogens is 1. The van der Waals surface area contributed by atoms with Crippen LogP contribution in [0.2, 0.25) is 0 Å². The largest absolute Gasteiger partial charge is 0.478 e. The molecule has 0 bridgehead atoms. The lowest BCUT2D eigenvalue weighted by molar-refractivity contribution is -0.115. The van der Waals surface area contributed by atoms with Crippen LogP contribution in [0.15, 0.2) is 18.2 Å². The molecule has 0 atom stereocenters. The van der Waals surface area contributed by atoms with E-state index in [1.807, 2.05) is 13.8 Å². The number of hydrogen-bond donors (Lipinski definition) is 3. The Bertz CT molecular complexity index is 685. The number of benzene rings is 1. The van der Waals surface area contributed by atoms with Gasteiger partial charge in [0.25, 0.3) is 0 Å². The van der Waals surface area contributed by atoms with Gasteiger partial charge in [0.2, 0.25) is 5.91 Å². The third kappa shape index (κ3) is 3.28. The molecule has 1 aromatic carbocycles. The molecule has 0 saturated carbocycles. The summed E-state index contributed by atoms with van der Waals surface area (Å²) in [6, 6.07) is 4.61. The van der Waals surface area contributed by atoms with Gasteiger partial charge in [0.1, 0.15) is 0 Å². The molecule has 6 heteroatoms. The van der Waals surface area contributed by atoms with Crippen molar-refractivity contribution in [1.29, 1.82) is 0 Å². The SMILES string of the molecule is Cc1cc(C(=O)O)ccc1NC(=O)Cc1c(C)n[nH]c1C. The van der Waals surface area contributed by atoms with Gasteiger partial charge in [-0.1, -0.05) is 0 Å². The third-order valence-corrected chi connectivity index (χ3v) is 3.37. The third-order valence-electron chi connectivity index (χ3n) is 3.37. The van der Waals surface area contributed by atoms with E-state index in [0.29, 0.717) is 11.3 Å². The summed E-state index contributed by atoms with van der Waals surface area (Å²) in [6.07, 6.45) is 0.230. The number of aromatic carboxylic acids is 1. The van der Waals surface area contributed by atoms with Crippen molar-refractivity contribution in [3.63, 3.8) is 0 Å². The molecular weight excluding hydrogens is 270 g/mol. The van der Waals surface area contributed by atoms with E-state index in [1.54, 1.807) is 13.0 Å². The number of aryl methyl sites for hydroxylation is 3. The highest BCUT2D eigenvalue weighted by Gasteiger charge is 2.13. The fraction of sp³-hybridized carbons (Fsp3) is 0.267. The topological polar surface area (TPSA) is 95.1 Å². The average Bonchev–Trinajstić information content (AvgIpc) is 2.72. The molecule has 0 saturated heterocycles. The molecule has 0 radical (unpaired) electrons. The Balaban J connectivity index is 2.11. The summed E-state index contributed by atoms with van der Waals surface area (Å²) in [4.78, 5) is 23.0. The highest BCUT2D eigenvalue weighted by Crippen LogP contribution is 2.18. The molecule has 0 unspecified atom stereocenters. The van der Waals surface area contributed by atoms with E-state index in [-0.39, 0.29) is 17.9 Å². The standard InChI is InChI=1S/C15H17N3O3/c1-8-6-11(15(20)21)4-5-13(8)16-14(19)7-12-9(2)17-18-10(12)3/h4-6H,7H2,1-3H3,(H,16,19)(H,17,18)(H,20,21). The van der Waals surface area contributed by atoms with Gasteiger partial charge in [-0.05, 0) is 44.5 Å². The number of carbonyl (C=O) groups excluding carboxylic acids is 1. The molecule has 2 aromatic rings. The van der Waals surface area contributed by atoms with Gasteiger partial charge in [-0.25, -0.2) is 4.79 Å². The maximum atomic E-state index is 12.1. The van der Waals surface area contributed by atoms with Gasteiger partial charge in [0, 0.05) is 16.9 Å². The zero-order valence-electron chi connectivity index (χ0n) is 12.2. The Hall–Kier alpha value is -2.63. The van der Waals surface area contributed by atoms with Gasteiger partial charge < -0.3 is 10.4 Å². The lowest BCUT2D eigenvalue weighted by Gasteiger charge is -2.09. The molecule has 110 valence electrons. The smallest absolute Gasteiger partial charge is 0.335 e. The Morgan fingerprint density at radius 1 is 1.29 bits per heavy atom. The first-order chi connectivity index (χ1) is 9.88. The molecule has 0 spiro atoms. The second-order valence-corrected chi connectivity index (χ2v) is 4.97. The van der Waals surface area contributed by atoms with Crippen LogP contribution in [0.25, 0.3) is 0 Å². The van der Waals surface area contributed by atoms with E-state index in [4.69, 9.17) is 5.11 Å². The molecule has 6 nitrogen and oxygen atoms in total. The second kappa shape index (κ2) is 5.78. The van der Waals surface area contributed by atoms with Crippen LogP contribution in [0.1, 0.15) is 32.9 Å². The number of rotatable bonds is 4. The van der Waals surface area contributed by atoms with Gasteiger partial charge in [-0.3, -0.25) is 9.89 Å². The molecule has 2 rings (SSSR count). The number of nitrogens with one attached hydrogen (secondary N) is 2. The van der Waals surface area contributed by atoms with Crippen molar-refractivity contribution < 1.29 is 14.7 Å². The molecule has 21 heavy (non-hydrogen) atoms. The number of carboxylic acid groups (broad SMARTS) is 1. The lowest BCUT2D eigenvalue weighted by Crippen LogP contribution is -2.16. The van der Waals surface area contributed by atoms with Crippen LogP contribution in [0, 0.1) is 20.8 Å². The first-order valence-electron chi connectivity index (χ1n) is 6.52. The van der Waals surface area contributed by atoms with Crippen molar-refractivity contribution in [1.82, 2.24) is 10.2 Å². The molecule has 0 aliphatic rings. The maximum Gasteiger partial charge on any atom is 0.335 e. The fourth-order valence-electron chi connectivity index (χ4n) is 2.13. The van der Waals surface area contributed by atoms with Crippen LogP contribution >= 0.6 is 0 Å². The predicted molar refractivity (Wildman–Crippen MR) is 78.5 cm³/mol. The van der Waals surface area contributed by atoms with Crippen molar-refractivity contribution in [3.05, 3.63) is 46.3 Å². The van der Waals surface area contributed by atoms with E-state index in [0.717, 1.165) is 17.0 Å². The first kappa shape index (κ1) is 14.8. The summed E-state index contributed by atoms with van der Waals surface area (Å²) < 4.78 is 0. The number of anilines is 1. The summed E-state index contributed by atoms with van der Waals surface area (Å²) in [5.41, 5.74) is 4.09. The van der Waals surface area contributed by atoms with Crippen molar-refractivity contribution in [3.8, 4) is 0 Å². The Kier molecular flexibility index (Phi) is 4.07. The van der Waals surface area contributed by atoms with Crippen LogP contribution < -0.4 is 5.32 Å². The summed E-state index contributed by atoms with van der Waals surface area (Å²) in [7, 11) is 0. The number of aromatic nitrogens is 2. The van der Waals surface area contributed by atoms with E-state index < -0.39 is 5.97 Å². The van der Waals surface area contributed by atoms with Gasteiger partial charge in [0.05, 0.1) is 17.7 Å². The minimum absolute atomic E-state index is 0.159. The zero-order valence-corrected chi connectivity index (χ0v) is 12.2. The Morgan fingerprint density at radius 3 is 2.52 bits per heavy atom. The van der Waals surface area contributed by atoms with Crippen LogP contribution in [0.5, 0.6) is 0 Å². The number of hydrogen-bond acceptors (Lipinski definition) is 3. The van der Waals surface area contributed by atoms with Gasteiger partial charge >= 0.3 is 5.97 Å². The highest BCUT2D eigenvalue weighted by molar-refractivity contribution is 5.94. The molecule has 1 heterocycles. The van der Waals surface area contributed by atoms with E-state index in [1.165, 1.54) is 12.1 Å². The van der Waals surface area contributed by atoms with Crippen molar-refractivity contribution in [2.75, 3.05) is 5.32 Å². The number of nitrogens with zero attached hydrogens (tertiary/aromatic N) is 1. The van der Waals surface area contributed by atoms with Gasteiger partial charge in [0.15, 0.2) is 0 Å². The molecular formula is C15H17N3O3. The Morgan fingerprint density at radius 2 is 2.00 bits per heavy atom. The van der Waals surface area contributed by atoms with Crippen molar-refractivity contribution >= 4 is 17.6 Å². The van der Waals surface area contributed by atoms with Crippen LogP contribution in [-0.2, 0) is 11.2 Å². The normalized spacial score (nSPS) is 10.4.